The first-order valence-electron chi connectivity index (χ1n) is 12.9. The molecule has 0 fully saturated rings. The van der Waals surface area contributed by atoms with Gasteiger partial charge in [-0.1, -0.05) is 0 Å². The molecular formula is C25H57ClNP. The van der Waals surface area contributed by atoms with Crippen molar-refractivity contribution in [2.24, 2.45) is 0 Å². The molecule has 1 N–H and O–H groups in total. The Morgan fingerprint density at radius 3 is 0.929 bits per heavy atom. The van der Waals surface area contributed by atoms with Gasteiger partial charge in [0, 0.05) is 0 Å². The van der Waals surface area contributed by atoms with E-state index in [1.807, 2.05) is 0 Å². The summed E-state index contributed by atoms with van der Waals surface area (Å²) in [5.74, 6) is 0. The van der Waals surface area contributed by atoms with Crippen molar-refractivity contribution >= 4 is 19.8 Å². The zero-order chi connectivity index (χ0) is 20.1. The Hall–Kier alpha value is 0.680. The molecule has 0 heterocycles. The molecule has 28 heavy (non-hydrogen) atoms. The minimum Gasteiger partial charge on any atom is -0.147 e. The quantitative estimate of drug-likeness (QED) is 0.131. The molecule has 0 aromatic carbocycles. The second-order valence-corrected chi connectivity index (χ2v) is 13.6. The van der Waals surface area contributed by atoms with E-state index in [0.29, 0.717) is 0 Å². The molecule has 0 aromatic heterocycles. The van der Waals surface area contributed by atoms with Gasteiger partial charge in [0.2, 0.25) is 0 Å². The van der Waals surface area contributed by atoms with Crippen LogP contribution in [0.25, 0.3) is 0 Å². The average molecular weight is 438 g/mol. The molecule has 1 nitrogen and oxygen atoms in total. The fourth-order valence-electron chi connectivity index (χ4n) is 4.48. The van der Waals surface area contributed by atoms with Crippen molar-refractivity contribution in [3.05, 3.63) is 0 Å². The van der Waals surface area contributed by atoms with Gasteiger partial charge in [0.15, 0.2) is 0 Å². The van der Waals surface area contributed by atoms with Crippen LogP contribution in [0.2, 0.25) is 0 Å². The number of halogens is 1. The SMILES string of the molecule is CCCCCCCC[PH](CCCCCCCC)(CCCCCCCC)NC.Cl. The summed E-state index contributed by atoms with van der Waals surface area (Å²) in [5.41, 5.74) is 0. The number of nitrogens with one attached hydrogen (secondary N) is 1. The fraction of sp³-hybridized carbons (Fsp3) is 1.00. The molecule has 0 amide bonds. The third-order valence-corrected chi connectivity index (χ3v) is 11.5. The fourth-order valence-corrected chi connectivity index (χ4v) is 8.76. The number of hydrogen-bond acceptors (Lipinski definition) is 1. The summed E-state index contributed by atoms with van der Waals surface area (Å²) in [6, 6.07) is 0. The predicted octanol–water partition coefficient (Wildman–Crippen LogP) is 9.37. The van der Waals surface area contributed by atoms with Crippen LogP contribution in [0.3, 0.4) is 0 Å². The largest absolute Gasteiger partial charge is 0.147 e. The molecule has 0 saturated heterocycles. The van der Waals surface area contributed by atoms with E-state index in [1.54, 1.807) is 18.5 Å². The molecular weight excluding hydrogens is 381 g/mol. The number of hydrogen-bond donors (Lipinski definition) is 1. The summed E-state index contributed by atoms with van der Waals surface area (Å²) in [6.45, 7) is 6.96. The standard InChI is InChI=1S/C25H56NP.ClH/c1-5-8-11-14-17-20-23-27(26-4,24-21-18-15-12-9-6-2)25-22-19-16-13-10-7-3;/h26-27H,5-25H2,1-4H3;1H. The van der Waals surface area contributed by atoms with Crippen molar-refractivity contribution in [3.8, 4) is 0 Å². The second kappa shape index (κ2) is 24.0. The summed E-state index contributed by atoms with van der Waals surface area (Å²) >= 11 is 0. The molecule has 0 rings (SSSR count). The minimum atomic E-state index is -1.22. The molecule has 3 heteroatoms. The van der Waals surface area contributed by atoms with Gasteiger partial charge in [0.05, 0.1) is 0 Å². The molecule has 0 aliphatic carbocycles. The minimum absolute atomic E-state index is 0. The van der Waals surface area contributed by atoms with Gasteiger partial charge < -0.3 is 0 Å². The van der Waals surface area contributed by atoms with Crippen molar-refractivity contribution in [2.45, 2.75) is 136 Å². The van der Waals surface area contributed by atoms with Gasteiger partial charge in [-0.25, -0.2) is 0 Å². The Morgan fingerprint density at radius 2 is 0.679 bits per heavy atom. The number of unbranched alkanes of at least 4 members (excludes halogenated alkanes) is 15. The third kappa shape index (κ3) is 18.7. The molecule has 0 spiro atoms. The Morgan fingerprint density at radius 1 is 0.429 bits per heavy atom. The van der Waals surface area contributed by atoms with Gasteiger partial charge >= 0.3 is 174 Å². The van der Waals surface area contributed by atoms with Crippen LogP contribution in [-0.4, -0.2) is 25.5 Å². The topological polar surface area (TPSA) is 12.0 Å². The smallest absolute Gasteiger partial charge is 0.147 e. The summed E-state index contributed by atoms with van der Waals surface area (Å²) in [6.07, 6.45) is 30.7. The van der Waals surface area contributed by atoms with E-state index in [9.17, 15) is 0 Å². The number of rotatable bonds is 22. The van der Waals surface area contributed by atoms with Crippen LogP contribution in [0.4, 0.5) is 0 Å². The van der Waals surface area contributed by atoms with Crippen LogP contribution in [0, 0.1) is 0 Å². The van der Waals surface area contributed by atoms with Crippen LogP contribution >= 0.6 is 19.8 Å². The van der Waals surface area contributed by atoms with Crippen molar-refractivity contribution in [1.82, 2.24) is 5.09 Å². The maximum absolute atomic E-state index is 3.96. The maximum atomic E-state index is 3.96. The van der Waals surface area contributed by atoms with E-state index in [1.165, 1.54) is 116 Å². The predicted molar refractivity (Wildman–Crippen MR) is 139 cm³/mol. The third-order valence-electron chi connectivity index (χ3n) is 6.56. The molecule has 0 bridgehead atoms. The second-order valence-electron chi connectivity index (χ2n) is 9.08. The van der Waals surface area contributed by atoms with Gasteiger partial charge in [0.1, 0.15) is 0 Å². The van der Waals surface area contributed by atoms with Gasteiger partial charge in [-0.2, -0.15) is 0 Å². The average Bonchev–Trinajstić information content (AvgIpc) is 2.69. The summed E-state index contributed by atoms with van der Waals surface area (Å²) in [7, 11) is 1.08. The molecule has 0 aliphatic heterocycles. The van der Waals surface area contributed by atoms with Crippen LogP contribution in [0.5, 0.6) is 0 Å². The Bertz CT molecular complexity index is 245. The molecule has 174 valence electrons. The van der Waals surface area contributed by atoms with Gasteiger partial charge in [0.25, 0.3) is 0 Å². The zero-order valence-corrected chi connectivity index (χ0v) is 22.1. The van der Waals surface area contributed by atoms with E-state index in [-0.39, 0.29) is 12.4 Å². The van der Waals surface area contributed by atoms with E-state index in [2.05, 4.69) is 32.9 Å². The Kier molecular flexibility index (Phi) is 26.4. The van der Waals surface area contributed by atoms with Crippen molar-refractivity contribution in [1.29, 1.82) is 0 Å². The van der Waals surface area contributed by atoms with Gasteiger partial charge in [-0.15, -0.1) is 12.4 Å². The van der Waals surface area contributed by atoms with Crippen LogP contribution < -0.4 is 5.09 Å². The molecule has 0 unspecified atom stereocenters. The summed E-state index contributed by atoms with van der Waals surface area (Å²) in [5, 5.41) is 3.96. The van der Waals surface area contributed by atoms with Crippen molar-refractivity contribution in [2.75, 3.05) is 25.5 Å². The zero-order valence-electron chi connectivity index (χ0n) is 20.3. The molecule has 0 aliphatic rings. The normalized spacial score (nSPS) is 12.1. The van der Waals surface area contributed by atoms with E-state index < -0.39 is 7.41 Å². The van der Waals surface area contributed by atoms with E-state index in [0.717, 1.165) is 0 Å². The molecule has 0 radical (unpaired) electrons. The summed E-state index contributed by atoms with van der Waals surface area (Å²) in [4.78, 5) is 0. The van der Waals surface area contributed by atoms with Crippen LogP contribution in [0.15, 0.2) is 0 Å². The molecule has 0 saturated carbocycles. The monoisotopic (exact) mass is 437 g/mol. The summed E-state index contributed by atoms with van der Waals surface area (Å²) < 4.78 is 0. The van der Waals surface area contributed by atoms with Crippen molar-refractivity contribution in [3.63, 3.8) is 0 Å². The van der Waals surface area contributed by atoms with Gasteiger partial charge in [-0.3, -0.25) is 0 Å². The first-order chi connectivity index (χ1) is 13.2. The first-order valence-corrected chi connectivity index (χ1v) is 15.6. The Labute approximate surface area is 186 Å². The molecule has 0 aromatic rings. The van der Waals surface area contributed by atoms with Crippen LogP contribution in [-0.2, 0) is 0 Å². The van der Waals surface area contributed by atoms with E-state index in [4.69, 9.17) is 0 Å². The van der Waals surface area contributed by atoms with E-state index >= 15 is 0 Å². The first kappa shape index (κ1) is 30.9. The van der Waals surface area contributed by atoms with Gasteiger partial charge in [-0.05, 0) is 0 Å². The maximum Gasteiger partial charge on any atom is -0.147 e. The van der Waals surface area contributed by atoms with Crippen molar-refractivity contribution < 1.29 is 0 Å². The Balaban J connectivity index is 0. The molecule has 0 atom stereocenters. The van der Waals surface area contributed by atoms with Crippen LogP contribution in [0.1, 0.15) is 136 Å².